The number of hydrogen-bond donors (Lipinski definition) is 1. The molecule has 0 bridgehead atoms. The van der Waals surface area contributed by atoms with Crippen molar-refractivity contribution in [2.45, 2.75) is 13.0 Å². The van der Waals surface area contributed by atoms with E-state index in [0.29, 0.717) is 0 Å². The van der Waals surface area contributed by atoms with Crippen LogP contribution in [0.5, 0.6) is 0 Å². The van der Waals surface area contributed by atoms with Crippen LogP contribution in [0.2, 0.25) is 0 Å². The van der Waals surface area contributed by atoms with E-state index < -0.39 is 0 Å². The molecule has 1 N–H and O–H groups in total. The smallest absolute Gasteiger partial charge is 0.0649 e. The molecule has 0 unspecified atom stereocenters. The molecule has 0 aliphatic carbocycles. The van der Waals surface area contributed by atoms with Gasteiger partial charge in [0.1, 0.15) is 0 Å². The summed E-state index contributed by atoms with van der Waals surface area (Å²) in [4.78, 5) is 2.21. The van der Waals surface area contributed by atoms with Gasteiger partial charge < -0.3 is 10.2 Å². The van der Waals surface area contributed by atoms with Gasteiger partial charge in [-0.05, 0) is 22.1 Å². The summed E-state index contributed by atoms with van der Waals surface area (Å²) in [7, 11) is 0. The highest BCUT2D eigenvalue weighted by Crippen LogP contribution is 2.21. The lowest BCUT2D eigenvalue weighted by Crippen LogP contribution is -2.34. The van der Waals surface area contributed by atoms with Crippen LogP contribution in [0, 0.1) is 0 Å². The second-order valence-corrected chi connectivity index (χ2v) is 5.60. The molecule has 22 heavy (non-hydrogen) atoms. The Hall–Kier alpha value is -2.74. The van der Waals surface area contributed by atoms with Gasteiger partial charge in [-0.1, -0.05) is 60.7 Å². The molecule has 4 rings (SSSR count). The number of fused-ring (bicyclic) bond motifs is 2. The van der Waals surface area contributed by atoms with E-state index in [0.717, 1.165) is 13.0 Å². The van der Waals surface area contributed by atoms with Gasteiger partial charge in [0.05, 0.1) is 5.70 Å². The van der Waals surface area contributed by atoms with Crippen LogP contribution in [-0.2, 0) is 6.54 Å². The van der Waals surface area contributed by atoms with E-state index in [-0.39, 0.29) is 0 Å². The van der Waals surface area contributed by atoms with Gasteiger partial charge in [0, 0.05) is 31.1 Å². The zero-order valence-electron chi connectivity index (χ0n) is 12.4. The predicted octanol–water partition coefficient (Wildman–Crippen LogP) is 2.44. The number of benzene rings is 2. The van der Waals surface area contributed by atoms with E-state index in [9.17, 15) is 0 Å². The normalized spacial score (nSPS) is 15.5. The van der Waals surface area contributed by atoms with Crippen molar-refractivity contribution in [3.63, 3.8) is 0 Å². The van der Waals surface area contributed by atoms with Crippen LogP contribution in [0.15, 0.2) is 78.3 Å². The molecule has 0 saturated carbocycles. The average molecular weight is 286 g/mol. The van der Waals surface area contributed by atoms with Gasteiger partial charge in [0.25, 0.3) is 0 Å². The largest absolute Gasteiger partial charge is 0.382 e. The third-order valence-corrected chi connectivity index (χ3v) is 4.09. The van der Waals surface area contributed by atoms with Crippen molar-refractivity contribution in [1.29, 1.82) is 0 Å². The highest BCUT2D eigenvalue weighted by Gasteiger charge is 2.15. The highest BCUT2D eigenvalue weighted by atomic mass is 15.1. The lowest BCUT2D eigenvalue weighted by atomic mass is 10.1. The lowest BCUT2D eigenvalue weighted by molar-refractivity contribution is 0.638. The third kappa shape index (κ3) is 2.44. The molecule has 2 aromatic rings. The highest BCUT2D eigenvalue weighted by molar-refractivity contribution is 5.58. The summed E-state index contributed by atoms with van der Waals surface area (Å²) in [5.74, 6) is 0. The summed E-state index contributed by atoms with van der Waals surface area (Å²) < 4.78 is 0. The second kappa shape index (κ2) is 5.57. The number of nitrogens with one attached hydrogen (secondary N) is 1. The number of hydrogen-bond acceptors (Lipinski definition) is 2. The minimum Gasteiger partial charge on any atom is -0.382 e. The van der Waals surface area contributed by atoms with Crippen molar-refractivity contribution < 1.29 is 0 Å². The molecule has 0 spiro atoms. The quantitative estimate of drug-likeness (QED) is 0.932. The Balaban J connectivity index is 1.67. The maximum Gasteiger partial charge on any atom is 0.0649 e. The predicted molar refractivity (Wildman–Crippen MR) is 90.5 cm³/mol. The maximum absolute atomic E-state index is 3.60. The molecule has 2 aromatic carbocycles. The van der Waals surface area contributed by atoms with Gasteiger partial charge in [-0.15, -0.1) is 0 Å². The first kappa shape index (κ1) is 13.0. The van der Waals surface area contributed by atoms with Crippen LogP contribution in [-0.4, -0.2) is 4.90 Å². The molecule has 0 radical (unpaired) electrons. The van der Waals surface area contributed by atoms with Crippen molar-refractivity contribution in [3.05, 3.63) is 94.3 Å². The van der Waals surface area contributed by atoms with Gasteiger partial charge in [-0.25, -0.2) is 0 Å². The fourth-order valence-corrected chi connectivity index (χ4v) is 2.92. The summed E-state index contributed by atoms with van der Waals surface area (Å²) in [6.45, 7) is 0.858. The van der Waals surface area contributed by atoms with E-state index in [2.05, 4.69) is 89.4 Å². The first-order chi connectivity index (χ1) is 10.9. The Kier molecular flexibility index (Phi) is 3.28. The fraction of sp³-hybridized carbons (Fsp3) is 0.100. The SMILES string of the molecule is C1=CN2C=c3ccccc3=CC2=C(NCc2ccccc2)C1. The number of nitrogens with zero attached hydrogens (tertiary/aromatic N) is 1. The van der Waals surface area contributed by atoms with Crippen molar-refractivity contribution in [2.75, 3.05) is 0 Å². The van der Waals surface area contributed by atoms with Gasteiger partial charge in [0.15, 0.2) is 0 Å². The third-order valence-electron chi connectivity index (χ3n) is 4.09. The average Bonchev–Trinajstić information content (AvgIpc) is 2.59. The molecule has 2 aliphatic rings. The van der Waals surface area contributed by atoms with Crippen LogP contribution >= 0.6 is 0 Å². The molecular weight excluding hydrogens is 268 g/mol. The Morgan fingerprint density at radius 3 is 2.55 bits per heavy atom. The van der Waals surface area contributed by atoms with Crippen LogP contribution in [0.1, 0.15) is 12.0 Å². The minimum atomic E-state index is 0.858. The van der Waals surface area contributed by atoms with E-state index in [1.807, 2.05) is 0 Å². The van der Waals surface area contributed by atoms with Crippen molar-refractivity contribution in [2.24, 2.45) is 0 Å². The Bertz CT molecular complexity index is 860. The molecule has 2 nitrogen and oxygen atoms in total. The van der Waals surface area contributed by atoms with Crippen LogP contribution < -0.4 is 15.8 Å². The molecule has 2 aliphatic heterocycles. The first-order valence-electron chi connectivity index (χ1n) is 7.65. The standard InChI is InChI=1S/C20H18N2/c1-2-7-16(8-3-1)14-21-19-11-6-12-22-15-18-10-5-4-9-17(18)13-20(19)22/h1-10,12-13,15,21H,11,14H2. The molecule has 108 valence electrons. The Labute approximate surface area is 130 Å². The van der Waals surface area contributed by atoms with E-state index >= 15 is 0 Å². The topological polar surface area (TPSA) is 15.3 Å². The van der Waals surface area contributed by atoms with Crippen molar-refractivity contribution in [1.82, 2.24) is 10.2 Å². The van der Waals surface area contributed by atoms with Crippen LogP contribution in [0.3, 0.4) is 0 Å². The summed E-state index contributed by atoms with van der Waals surface area (Å²) >= 11 is 0. The molecule has 0 amide bonds. The van der Waals surface area contributed by atoms with E-state index in [4.69, 9.17) is 0 Å². The number of allylic oxidation sites excluding steroid dienone is 2. The molecule has 0 aromatic heterocycles. The first-order valence-corrected chi connectivity index (χ1v) is 7.65. The van der Waals surface area contributed by atoms with Crippen LogP contribution in [0.4, 0.5) is 0 Å². The molecule has 0 saturated heterocycles. The zero-order valence-corrected chi connectivity index (χ0v) is 12.4. The number of rotatable bonds is 3. The van der Waals surface area contributed by atoms with Crippen LogP contribution in [0.25, 0.3) is 12.3 Å². The van der Waals surface area contributed by atoms with Gasteiger partial charge in [-0.3, -0.25) is 0 Å². The zero-order chi connectivity index (χ0) is 14.8. The molecule has 2 heteroatoms. The lowest BCUT2D eigenvalue weighted by Gasteiger charge is -2.27. The molecule has 0 fully saturated rings. The Morgan fingerprint density at radius 2 is 1.68 bits per heavy atom. The molecular formula is C20H18N2. The van der Waals surface area contributed by atoms with Crippen molar-refractivity contribution in [3.8, 4) is 0 Å². The minimum absolute atomic E-state index is 0.858. The van der Waals surface area contributed by atoms with Gasteiger partial charge in [0.2, 0.25) is 0 Å². The second-order valence-electron chi connectivity index (χ2n) is 5.60. The maximum atomic E-state index is 3.60. The van der Waals surface area contributed by atoms with E-state index in [1.54, 1.807) is 0 Å². The summed E-state index contributed by atoms with van der Waals surface area (Å²) in [6, 6.07) is 19.0. The summed E-state index contributed by atoms with van der Waals surface area (Å²) in [6.07, 6.45) is 9.77. The molecule has 2 heterocycles. The fourth-order valence-electron chi connectivity index (χ4n) is 2.92. The van der Waals surface area contributed by atoms with Gasteiger partial charge >= 0.3 is 0 Å². The Morgan fingerprint density at radius 1 is 0.909 bits per heavy atom. The van der Waals surface area contributed by atoms with Gasteiger partial charge in [-0.2, -0.15) is 0 Å². The van der Waals surface area contributed by atoms with E-state index in [1.165, 1.54) is 27.4 Å². The summed E-state index contributed by atoms with van der Waals surface area (Å²) in [5, 5.41) is 6.15. The summed E-state index contributed by atoms with van der Waals surface area (Å²) in [5.41, 5.74) is 3.83. The molecule has 0 atom stereocenters. The van der Waals surface area contributed by atoms with Crippen molar-refractivity contribution >= 4 is 12.3 Å². The monoisotopic (exact) mass is 286 g/mol.